The van der Waals surface area contributed by atoms with Crippen molar-refractivity contribution >= 4 is 11.6 Å². The molecule has 3 aromatic carbocycles. The number of anilines is 1. The molecule has 6 rings (SSSR count). The molecule has 3 heterocycles. The van der Waals surface area contributed by atoms with Crippen LogP contribution < -0.4 is 15.0 Å². The fourth-order valence-corrected chi connectivity index (χ4v) is 5.53. The lowest BCUT2D eigenvalue weighted by atomic mass is 9.97. The van der Waals surface area contributed by atoms with E-state index < -0.39 is 0 Å². The van der Waals surface area contributed by atoms with Gasteiger partial charge < -0.3 is 14.6 Å². The Morgan fingerprint density at radius 3 is 2.45 bits per heavy atom. The molecule has 1 fully saturated rings. The predicted octanol–water partition coefficient (Wildman–Crippen LogP) is 4.46. The summed E-state index contributed by atoms with van der Waals surface area (Å²) in [4.78, 5) is 22.7. The van der Waals surface area contributed by atoms with Crippen molar-refractivity contribution < 1.29 is 14.1 Å². The Labute approximate surface area is 222 Å². The van der Waals surface area contributed by atoms with Crippen molar-refractivity contribution in [3.8, 4) is 28.3 Å². The highest BCUT2D eigenvalue weighted by atomic mass is 16.5. The largest absolute Gasteiger partial charge is 0.497 e. The van der Waals surface area contributed by atoms with Crippen molar-refractivity contribution in [1.82, 2.24) is 20.4 Å². The second-order valence-electron chi connectivity index (χ2n) is 9.88. The van der Waals surface area contributed by atoms with Crippen molar-refractivity contribution in [3.05, 3.63) is 83.2 Å². The molecule has 0 spiro atoms. The molecule has 8 nitrogen and oxygen atoms in total. The highest BCUT2D eigenvalue weighted by Crippen LogP contribution is 2.37. The third-order valence-electron chi connectivity index (χ3n) is 7.49. The highest BCUT2D eigenvalue weighted by Gasteiger charge is 2.38. The Bertz CT molecular complexity index is 1470. The Kier molecular flexibility index (Phi) is 6.43. The van der Waals surface area contributed by atoms with Crippen LogP contribution >= 0.6 is 0 Å². The second-order valence-corrected chi connectivity index (χ2v) is 9.88. The zero-order valence-corrected chi connectivity index (χ0v) is 21.9. The quantitative estimate of drug-likeness (QED) is 0.425. The second kappa shape index (κ2) is 10.0. The minimum absolute atomic E-state index is 0.00468. The van der Waals surface area contributed by atoms with E-state index in [4.69, 9.17) is 9.26 Å². The first-order valence-electron chi connectivity index (χ1n) is 13.0. The SMILES string of the molecule is COc1ccc2c(c1)C[C@@H](N1CCNCC1)N2C(=O)c1ccc(-c2ccc(-c3noc(C)n3)cc2C)cc1. The fourth-order valence-electron chi connectivity index (χ4n) is 5.53. The first kappa shape index (κ1) is 24.3. The van der Waals surface area contributed by atoms with Crippen molar-refractivity contribution in [2.75, 3.05) is 38.2 Å². The van der Waals surface area contributed by atoms with Crippen molar-refractivity contribution in [2.24, 2.45) is 0 Å². The number of benzene rings is 3. The van der Waals surface area contributed by atoms with Gasteiger partial charge in [-0.2, -0.15) is 4.98 Å². The van der Waals surface area contributed by atoms with Gasteiger partial charge in [0.15, 0.2) is 0 Å². The van der Waals surface area contributed by atoms with Crippen LogP contribution in [0.2, 0.25) is 0 Å². The Balaban J connectivity index is 1.28. The van der Waals surface area contributed by atoms with E-state index in [1.807, 2.05) is 47.4 Å². The minimum atomic E-state index is -0.00468. The number of carbonyl (C=O) groups is 1. The van der Waals surface area contributed by atoms with Crippen LogP contribution in [0, 0.1) is 13.8 Å². The van der Waals surface area contributed by atoms with Gasteiger partial charge in [-0.25, -0.2) is 0 Å². The third-order valence-corrected chi connectivity index (χ3v) is 7.49. The van der Waals surface area contributed by atoms with Crippen molar-refractivity contribution in [1.29, 1.82) is 0 Å². The number of fused-ring (bicyclic) bond motifs is 1. The zero-order valence-electron chi connectivity index (χ0n) is 21.9. The average molecular weight is 510 g/mol. The molecule has 0 unspecified atom stereocenters. The summed E-state index contributed by atoms with van der Waals surface area (Å²) in [5.41, 5.74) is 6.96. The number of nitrogens with one attached hydrogen (secondary N) is 1. The molecule has 2 aliphatic heterocycles. The van der Waals surface area contributed by atoms with Gasteiger partial charge in [0.2, 0.25) is 11.7 Å². The van der Waals surface area contributed by atoms with Gasteiger partial charge >= 0.3 is 0 Å². The average Bonchev–Trinajstić information content (AvgIpc) is 3.56. The number of rotatable bonds is 5. The van der Waals surface area contributed by atoms with Gasteiger partial charge in [0.25, 0.3) is 5.91 Å². The summed E-state index contributed by atoms with van der Waals surface area (Å²) in [7, 11) is 1.68. The number of amides is 1. The summed E-state index contributed by atoms with van der Waals surface area (Å²) >= 11 is 0. The number of piperazine rings is 1. The van der Waals surface area contributed by atoms with E-state index in [9.17, 15) is 4.79 Å². The summed E-state index contributed by atoms with van der Waals surface area (Å²) < 4.78 is 10.6. The molecule has 1 saturated heterocycles. The maximum absolute atomic E-state index is 14.0. The van der Waals surface area contributed by atoms with Crippen LogP contribution in [-0.2, 0) is 6.42 Å². The van der Waals surface area contributed by atoms with Gasteiger partial charge in [0, 0.05) is 56.3 Å². The molecule has 0 bridgehead atoms. The van der Waals surface area contributed by atoms with Gasteiger partial charge in [-0.15, -0.1) is 0 Å². The van der Waals surface area contributed by atoms with E-state index in [1.54, 1.807) is 14.0 Å². The molecule has 1 amide bonds. The van der Waals surface area contributed by atoms with E-state index >= 15 is 0 Å². The summed E-state index contributed by atoms with van der Waals surface area (Å²) in [6.07, 6.45) is 0.789. The predicted molar refractivity (Wildman–Crippen MR) is 146 cm³/mol. The van der Waals surface area contributed by atoms with Crippen molar-refractivity contribution in [2.45, 2.75) is 26.4 Å². The van der Waals surface area contributed by atoms with E-state index in [2.05, 4.69) is 45.5 Å². The van der Waals surface area contributed by atoms with Gasteiger partial charge in [0.1, 0.15) is 5.75 Å². The van der Waals surface area contributed by atoms with E-state index in [0.29, 0.717) is 17.3 Å². The van der Waals surface area contributed by atoms with Crippen LogP contribution in [0.4, 0.5) is 5.69 Å². The van der Waals surface area contributed by atoms with Crippen LogP contribution in [0.1, 0.15) is 27.4 Å². The first-order chi connectivity index (χ1) is 18.5. The van der Waals surface area contributed by atoms with Gasteiger partial charge in [0.05, 0.1) is 13.3 Å². The fraction of sp³-hybridized carbons (Fsp3) is 0.300. The van der Waals surface area contributed by atoms with E-state index in [-0.39, 0.29) is 12.1 Å². The molecule has 1 N–H and O–H groups in total. The molecule has 4 aromatic rings. The molecule has 2 aliphatic rings. The molecule has 0 saturated carbocycles. The molecule has 38 heavy (non-hydrogen) atoms. The summed E-state index contributed by atoms with van der Waals surface area (Å²) in [6.45, 7) is 7.53. The number of carbonyl (C=O) groups excluding carboxylic acids is 1. The van der Waals surface area contributed by atoms with E-state index in [1.165, 1.54) is 0 Å². The van der Waals surface area contributed by atoms with E-state index in [0.717, 1.165) is 71.9 Å². The number of aromatic nitrogens is 2. The lowest BCUT2D eigenvalue weighted by Gasteiger charge is -2.37. The molecule has 194 valence electrons. The molecule has 1 aromatic heterocycles. The maximum atomic E-state index is 14.0. The number of ether oxygens (including phenoxy) is 1. The number of aryl methyl sites for hydroxylation is 2. The van der Waals surface area contributed by atoms with Crippen LogP contribution in [0.5, 0.6) is 5.75 Å². The van der Waals surface area contributed by atoms with Gasteiger partial charge in [-0.05, 0) is 65.6 Å². The van der Waals surface area contributed by atoms with Crippen LogP contribution in [0.3, 0.4) is 0 Å². The summed E-state index contributed by atoms with van der Waals surface area (Å²) in [5.74, 6) is 1.96. The number of nitrogens with zero attached hydrogens (tertiary/aromatic N) is 4. The molecule has 0 aliphatic carbocycles. The van der Waals surface area contributed by atoms with Gasteiger partial charge in [-0.1, -0.05) is 29.4 Å². The van der Waals surface area contributed by atoms with Crippen molar-refractivity contribution in [3.63, 3.8) is 0 Å². The molecule has 0 radical (unpaired) electrons. The normalized spacial score (nSPS) is 17.4. The van der Waals surface area contributed by atoms with Crippen LogP contribution in [0.25, 0.3) is 22.5 Å². The Morgan fingerprint density at radius 1 is 1.00 bits per heavy atom. The minimum Gasteiger partial charge on any atom is -0.497 e. The lowest BCUT2D eigenvalue weighted by molar-refractivity contribution is 0.0921. The topological polar surface area (TPSA) is 83.7 Å². The molecule has 8 heteroatoms. The van der Waals surface area contributed by atoms with Gasteiger partial charge in [-0.3, -0.25) is 14.6 Å². The first-order valence-corrected chi connectivity index (χ1v) is 13.0. The lowest BCUT2D eigenvalue weighted by Crippen LogP contribution is -2.55. The number of methoxy groups -OCH3 is 1. The zero-order chi connectivity index (χ0) is 26.2. The molecular weight excluding hydrogens is 478 g/mol. The highest BCUT2D eigenvalue weighted by molar-refractivity contribution is 6.08. The monoisotopic (exact) mass is 509 g/mol. The summed E-state index contributed by atoms with van der Waals surface area (Å²) in [5, 5.41) is 7.44. The third kappa shape index (κ3) is 4.46. The number of hydrogen-bond donors (Lipinski definition) is 1. The molecular formula is C30H31N5O3. The smallest absolute Gasteiger partial charge is 0.259 e. The summed E-state index contributed by atoms with van der Waals surface area (Å²) in [6, 6.07) is 20.1. The number of hydrogen-bond acceptors (Lipinski definition) is 7. The maximum Gasteiger partial charge on any atom is 0.259 e. The van der Waals surface area contributed by atoms with Crippen LogP contribution in [0.15, 0.2) is 65.2 Å². The standard InChI is InChI=1S/C30H31N5O3/c1-19-16-23(29-32-20(2)38-33-29)8-10-26(19)21-4-6-22(7-5-21)30(36)35-27-11-9-25(37-3)17-24(27)18-28(35)34-14-12-31-13-15-34/h4-11,16-17,28,31H,12-15,18H2,1-3H3/t28-/m0/s1. The Morgan fingerprint density at radius 2 is 1.76 bits per heavy atom. The molecule has 1 atom stereocenters. The van der Waals surface area contributed by atoms with Crippen LogP contribution in [-0.4, -0.2) is 60.4 Å². The Hall–Kier alpha value is -4.01.